The lowest BCUT2D eigenvalue weighted by atomic mass is 9.78. The van der Waals surface area contributed by atoms with Gasteiger partial charge in [0.1, 0.15) is 11.6 Å². The van der Waals surface area contributed by atoms with Crippen LogP contribution in [0, 0.1) is 12.8 Å². The number of nitrogens with zero attached hydrogens (tertiary/aromatic N) is 2. The Morgan fingerprint density at radius 1 is 1.48 bits per heavy atom. The number of allylic oxidation sites excluding steroid dienone is 5. The van der Waals surface area contributed by atoms with Crippen LogP contribution in [0.2, 0.25) is 0 Å². The monoisotopic (exact) mass is 279 g/mol. The second-order valence-electron chi connectivity index (χ2n) is 5.60. The molecule has 0 saturated heterocycles. The number of hydrogen-bond acceptors (Lipinski definition) is 3. The number of nitrogens with one attached hydrogen (secondary N) is 1. The maximum absolute atomic E-state index is 4.59. The summed E-state index contributed by atoms with van der Waals surface area (Å²) in [6, 6.07) is 0.265. The molecule has 21 heavy (non-hydrogen) atoms. The van der Waals surface area contributed by atoms with E-state index in [4.69, 9.17) is 0 Å². The molecule has 0 bridgehead atoms. The lowest BCUT2D eigenvalue weighted by Gasteiger charge is -2.37. The van der Waals surface area contributed by atoms with Crippen molar-refractivity contribution in [1.29, 1.82) is 0 Å². The van der Waals surface area contributed by atoms with Gasteiger partial charge in [0.05, 0.1) is 6.04 Å². The number of fused-ring (bicyclic) bond motifs is 3. The van der Waals surface area contributed by atoms with Crippen molar-refractivity contribution in [2.45, 2.75) is 32.2 Å². The van der Waals surface area contributed by atoms with Crippen molar-refractivity contribution < 1.29 is 0 Å². The first-order valence-electron chi connectivity index (χ1n) is 7.46. The van der Waals surface area contributed by atoms with E-state index in [1.54, 1.807) is 0 Å². The van der Waals surface area contributed by atoms with E-state index in [-0.39, 0.29) is 6.04 Å². The fraction of sp³-hybridized carbons (Fsp3) is 0.333. The van der Waals surface area contributed by atoms with E-state index in [2.05, 4.69) is 52.2 Å². The molecule has 3 unspecified atom stereocenters. The first-order chi connectivity index (χ1) is 10.2. The summed E-state index contributed by atoms with van der Waals surface area (Å²) in [7, 11) is 0. The quantitative estimate of drug-likeness (QED) is 0.673. The molecule has 0 saturated carbocycles. The number of aromatic nitrogens is 2. The summed E-state index contributed by atoms with van der Waals surface area (Å²) in [5.74, 6) is 2.71. The molecule has 0 amide bonds. The van der Waals surface area contributed by atoms with Crippen LogP contribution in [-0.2, 0) is 0 Å². The Bertz CT molecular complexity index is 640. The SMILES string of the molecule is C=C/C=C(\C=C/C)C1Nc2nc(C)ncc2C2C=CCC12. The zero-order chi connectivity index (χ0) is 14.8. The Labute approximate surface area is 126 Å². The highest BCUT2D eigenvalue weighted by atomic mass is 15.1. The van der Waals surface area contributed by atoms with Crippen molar-refractivity contribution in [2.75, 3.05) is 5.32 Å². The van der Waals surface area contributed by atoms with Crippen LogP contribution in [0.5, 0.6) is 0 Å². The number of anilines is 1. The smallest absolute Gasteiger partial charge is 0.133 e. The Kier molecular flexibility index (Phi) is 3.74. The summed E-state index contributed by atoms with van der Waals surface area (Å²) < 4.78 is 0. The van der Waals surface area contributed by atoms with Gasteiger partial charge in [-0.3, -0.25) is 0 Å². The van der Waals surface area contributed by atoms with Crippen molar-refractivity contribution >= 4 is 5.82 Å². The number of hydrogen-bond donors (Lipinski definition) is 1. The third-order valence-electron chi connectivity index (χ3n) is 4.26. The van der Waals surface area contributed by atoms with Crippen LogP contribution in [0.1, 0.15) is 30.7 Å². The topological polar surface area (TPSA) is 37.8 Å². The standard InChI is InChI=1S/C18H21N3/c1-4-7-13(8-5-2)17-15-10-6-9-14(15)16-11-19-12(3)20-18(16)21-17/h4-9,11,14-15,17H,1,10H2,2-3H3,(H,19,20,21)/b8-5-,13-7+. The molecule has 0 aromatic carbocycles. The van der Waals surface area contributed by atoms with Crippen molar-refractivity contribution in [3.05, 3.63) is 66.2 Å². The maximum Gasteiger partial charge on any atom is 0.133 e. The molecule has 3 heteroatoms. The molecule has 1 aliphatic heterocycles. The lowest BCUT2D eigenvalue weighted by molar-refractivity contribution is 0.450. The highest BCUT2D eigenvalue weighted by molar-refractivity contribution is 5.56. The summed E-state index contributed by atoms with van der Waals surface area (Å²) in [5, 5.41) is 3.62. The van der Waals surface area contributed by atoms with Gasteiger partial charge in [0.15, 0.2) is 0 Å². The number of rotatable bonds is 3. The molecule has 1 aromatic heterocycles. The van der Waals surface area contributed by atoms with E-state index in [1.807, 2.05) is 26.1 Å². The fourth-order valence-electron chi connectivity index (χ4n) is 3.36. The Balaban J connectivity index is 2.05. The van der Waals surface area contributed by atoms with Crippen LogP contribution in [0.15, 0.2) is 54.8 Å². The van der Waals surface area contributed by atoms with Gasteiger partial charge in [0.25, 0.3) is 0 Å². The van der Waals surface area contributed by atoms with E-state index in [0.29, 0.717) is 11.8 Å². The van der Waals surface area contributed by atoms with Gasteiger partial charge >= 0.3 is 0 Å². The van der Waals surface area contributed by atoms with Gasteiger partial charge in [-0.15, -0.1) is 0 Å². The van der Waals surface area contributed by atoms with Gasteiger partial charge < -0.3 is 5.32 Å². The van der Waals surface area contributed by atoms with Crippen LogP contribution in [0.3, 0.4) is 0 Å². The van der Waals surface area contributed by atoms with Crippen LogP contribution in [0.4, 0.5) is 5.82 Å². The van der Waals surface area contributed by atoms with Crippen molar-refractivity contribution in [2.24, 2.45) is 5.92 Å². The molecule has 0 spiro atoms. The third-order valence-corrected chi connectivity index (χ3v) is 4.26. The van der Waals surface area contributed by atoms with Crippen molar-refractivity contribution in [1.82, 2.24) is 9.97 Å². The minimum atomic E-state index is 0.265. The second kappa shape index (κ2) is 5.68. The molecule has 0 radical (unpaired) electrons. The van der Waals surface area contributed by atoms with Gasteiger partial charge in [0, 0.05) is 17.7 Å². The predicted octanol–water partition coefficient (Wildman–Crippen LogP) is 3.93. The van der Waals surface area contributed by atoms with Gasteiger partial charge in [0.2, 0.25) is 0 Å². The molecule has 3 atom stereocenters. The van der Waals surface area contributed by atoms with Crippen LogP contribution in [-0.4, -0.2) is 16.0 Å². The maximum atomic E-state index is 4.59. The Morgan fingerprint density at radius 2 is 2.33 bits per heavy atom. The van der Waals surface area contributed by atoms with E-state index >= 15 is 0 Å². The average molecular weight is 279 g/mol. The lowest BCUT2D eigenvalue weighted by Crippen LogP contribution is -2.37. The summed E-state index contributed by atoms with van der Waals surface area (Å²) in [5.41, 5.74) is 2.47. The molecular formula is C18H21N3. The highest BCUT2D eigenvalue weighted by Gasteiger charge is 2.38. The van der Waals surface area contributed by atoms with Gasteiger partial charge in [-0.25, -0.2) is 9.97 Å². The molecule has 1 aromatic rings. The Hall–Kier alpha value is -2.16. The second-order valence-corrected chi connectivity index (χ2v) is 5.60. The van der Waals surface area contributed by atoms with Crippen LogP contribution in [0.25, 0.3) is 0 Å². The van der Waals surface area contributed by atoms with Crippen molar-refractivity contribution in [3.63, 3.8) is 0 Å². The van der Waals surface area contributed by atoms with Gasteiger partial charge in [-0.1, -0.05) is 43.0 Å². The summed E-state index contributed by atoms with van der Waals surface area (Å²) in [6.45, 7) is 7.82. The molecular weight excluding hydrogens is 258 g/mol. The number of aryl methyl sites for hydroxylation is 1. The zero-order valence-corrected chi connectivity index (χ0v) is 12.6. The molecule has 108 valence electrons. The summed E-state index contributed by atoms with van der Waals surface area (Å²) in [6.07, 6.45) is 15.8. The normalized spacial score (nSPS) is 27.3. The van der Waals surface area contributed by atoms with E-state index in [1.165, 1.54) is 11.1 Å². The summed E-state index contributed by atoms with van der Waals surface area (Å²) >= 11 is 0. The summed E-state index contributed by atoms with van der Waals surface area (Å²) in [4.78, 5) is 8.96. The van der Waals surface area contributed by atoms with E-state index < -0.39 is 0 Å². The van der Waals surface area contributed by atoms with Crippen LogP contribution < -0.4 is 5.32 Å². The first-order valence-corrected chi connectivity index (χ1v) is 7.46. The molecule has 3 rings (SSSR count). The third kappa shape index (κ3) is 2.44. The van der Waals surface area contributed by atoms with E-state index in [9.17, 15) is 0 Å². The largest absolute Gasteiger partial charge is 0.363 e. The van der Waals surface area contributed by atoms with Crippen LogP contribution >= 0.6 is 0 Å². The molecule has 3 nitrogen and oxygen atoms in total. The minimum absolute atomic E-state index is 0.265. The van der Waals surface area contributed by atoms with E-state index in [0.717, 1.165) is 18.1 Å². The molecule has 1 aliphatic carbocycles. The zero-order valence-electron chi connectivity index (χ0n) is 12.6. The molecule has 1 N–H and O–H groups in total. The molecule has 0 fully saturated rings. The van der Waals surface area contributed by atoms with Gasteiger partial charge in [-0.2, -0.15) is 0 Å². The van der Waals surface area contributed by atoms with Gasteiger partial charge in [-0.05, 0) is 31.8 Å². The van der Waals surface area contributed by atoms with Crippen molar-refractivity contribution in [3.8, 4) is 0 Å². The highest BCUT2D eigenvalue weighted by Crippen LogP contribution is 2.45. The fourth-order valence-corrected chi connectivity index (χ4v) is 3.36. The Morgan fingerprint density at radius 3 is 3.10 bits per heavy atom. The average Bonchev–Trinajstić information content (AvgIpc) is 2.95. The predicted molar refractivity (Wildman–Crippen MR) is 87.3 cm³/mol. The molecule has 2 aliphatic rings. The first kappa shape index (κ1) is 13.8. The molecule has 2 heterocycles. The minimum Gasteiger partial charge on any atom is -0.363 e.